The summed E-state index contributed by atoms with van der Waals surface area (Å²) < 4.78 is 1.67. The van der Waals surface area contributed by atoms with E-state index in [0.717, 1.165) is 23.0 Å². The number of benzene rings is 1. The van der Waals surface area contributed by atoms with Crippen LogP contribution in [0.5, 0.6) is 0 Å². The van der Waals surface area contributed by atoms with E-state index < -0.39 is 0 Å². The highest BCUT2D eigenvalue weighted by Gasteiger charge is 2.04. The van der Waals surface area contributed by atoms with Gasteiger partial charge in [-0.15, -0.1) is 0 Å². The van der Waals surface area contributed by atoms with E-state index in [0.29, 0.717) is 18.7 Å². The molecule has 0 aliphatic heterocycles. The Bertz CT molecular complexity index is 867. The van der Waals surface area contributed by atoms with Crippen LogP contribution < -0.4 is 5.56 Å². The standard InChI is InChI=1S/C19H16N2O2/c22-14-18-17(4-3-10-20-18)12-15-6-8-16(9-7-15)13-21-11-2-1-5-19(21)23/h1-11,14H,12-13H2. The van der Waals surface area contributed by atoms with Gasteiger partial charge in [0, 0.05) is 18.5 Å². The molecule has 2 aromatic heterocycles. The maximum atomic E-state index is 11.7. The third-order valence-corrected chi connectivity index (χ3v) is 3.71. The molecule has 0 aliphatic carbocycles. The Hall–Kier alpha value is -3.01. The van der Waals surface area contributed by atoms with Crippen molar-refractivity contribution < 1.29 is 4.79 Å². The predicted octanol–water partition coefficient (Wildman–Crippen LogP) is 2.69. The molecule has 0 unspecified atom stereocenters. The first-order valence-electron chi connectivity index (χ1n) is 7.38. The Morgan fingerprint density at radius 1 is 0.957 bits per heavy atom. The van der Waals surface area contributed by atoms with E-state index in [9.17, 15) is 9.59 Å². The largest absolute Gasteiger partial charge is 0.311 e. The van der Waals surface area contributed by atoms with Gasteiger partial charge < -0.3 is 4.57 Å². The number of pyridine rings is 2. The summed E-state index contributed by atoms with van der Waals surface area (Å²) in [6, 6.07) is 16.9. The summed E-state index contributed by atoms with van der Waals surface area (Å²) >= 11 is 0. The van der Waals surface area contributed by atoms with Crippen LogP contribution in [0.3, 0.4) is 0 Å². The Balaban J connectivity index is 1.76. The van der Waals surface area contributed by atoms with Gasteiger partial charge in [0.25, 0.3) is 5.56 Å². The molecule has 1 aromatic carbocycles. The van der Waals surface area contributed by atoms with Gasteiger partial charge in [-0.25, -0.2) is 0 Å². The minimum atomic E-state index is -0.0115. The van der Waals surface area contributed by atoms with Crippen LogP contribution in [0.25, 0.3) is 0 Å². The Morgan fingerprint density at radius 2 is 1.74 bits per heavy atom. The molecule has 0 fully saturated rings. The van der Waals surface area contributed by atoms with E-state index >= 15 is 0 Å². The van der Waals surface area contributed by atoms with Crippen LogP contribution in [0.2, 0.25) is 0 Å². The molecule has 3 rings (SSSR count). The molecular weight excluding hydrogens is 288 g/mol. The van der Waals surface area contributed by atoms with Crippen molar-refractivity contribution in [1.82, 2.24) is 9.55 Å². The lowest BCUT2D eigenvalue weighted by molar-refractivity contribution is 0.111. The fourth-order valence-electron chi connectivity index (χ4n) is 2.48. The van der Waals surface area contributed by atoms with Crippen molar-refractivity contribution in [3.05, 3.63) is 99.7 Å². The molecule has 0 amide bonds. The van der Waals surface area contributed by atoms with Gasteiger partial charge >= 0.3 is 0 Å². The Kier molecular flexibility index (Phi) is 4.43. The van der Waals surface area contributed by atoms with Crippen LogP contribution in [-0.4, -0.2) is 15.8 Å². The van der Waals surface area contributed by atoms with Crippen molar-refractivity contribution in [2.24, 2.45) is 0 Å². The molecule has 0 N–H and O–H groups in total. The number of aldehydes is 1. The lowest BCUT2D eigenvalue weighted by Gasteiger charge is -2.07. The zero-order chi connectivity index (χ0) is 16.1. The van der Waals surface area contributed by atoms with Crippen molar-refractivity contribution in [3.8, 4) is 0 Å². The molecule has 0 saturated heterocycles. The number of hydrogen-bond acceptors (Lipinski definition) is 3. The minimum absolute atomic E-state index is 0.0115. The summed E-state index contributed by atoms with van der Waals surface area (Å²) in [4.78, 5) is 26.8. The number of nitrogens with zero attached hydrogens (tertiary/aromatic N) is 2. The molecule has 0 aliphatic rings. The highest BCUT2D eigenvalue weighted by atomic mass is 16.1. The molecule has 114 valence electrons. The second-order valence-electron chi connectivity index (χ2n) is 5.33. The average molecular weight is 304 g/mol. The first kappa shape index (κ1) is 14.9. The fourth-order valence-corrected chi connectivity index (χ4v) is 2.48. The summed E-state index contributed by atoms with van der Waals surface area (Å²) in [7, 11) is 0. The van der Waals surface area contributed by atoms with Crippen LogP contribution in [0.15, 0.2) is 71.8 Å². The van der Waals surface area contributed by atoms with Crippen molar-refractivity contribution >= 4 is 6.29 Å². The lowest BCUT2D eigenvalue weighted by Crippen LogP contribution is -2.18. The SMILES string of the molecule is O=Cc1ncccc1Cc1ccc(Cn2ccccc2=O)cc1. The van der Waals surface area contributed by atoms with Crippen LogP contribution >= 0.6 is 0 Å². The topological polar surface area (TPSA) is 52.0 Å². The van der Waals surface area contributed by atoms with Crippen LogP contribution in [-0.2, 0) is 13.0 Å². The van der Waals surface area contributed by atoms with Crippen LogP contribution in [0.4, 0.5) is 0 Å². The first-order valence-corrected chi connectivity index (χ1v) is 7.38. The smallest absolute Gasteiger partial charge is 0.250 e. The third kappa shape index (κ3) is 3.61. The summed E-state index contributed by atoms with van der Waals surface area (Å²) in [5, 5.41) is 0. The second-order valence-corrected chi connectivity index (χ2v) is 5.33. The molecular formula is C19H16N2O2. The number of carbonyl (C=O) groups is 1. The molecule has 4 heteroatoms. The molecule has 2 heterocycles. The monoisotopic (exact) mass is 304 g/mol. The van der Waals surface area contributed by atoms with E-state index in [2.05, 4.69) is 4.98 Å². The van der Waals surface area contributed by atoms with Crippen molar-refractivity contribution in [1.29, 1.82) is 0 Å². The van der Waals surface area contributed by atoms with E-state index in [1.165, 1.54) is 0 Å². The zero-order valence-electron chi connectivity index (χ0n) is 12.6. The Morgan fingerprint density at radius 3 is 2.48 bits per heavy atom. The number of aromatic nitrogens is 2. The molecule has 0 radical (unpaired) electrons. The highest BCUT2D eigenvalue weighted by molar-refractivity contribution is 5.74. The normalized spacial score (nSPS) is 10.4. The van der Waals surface area contributed by atoms with Gasteiger partial charge in [0.1, 0.15) is 5.69 Å². The molecule has 23 heavy (non-hydrogen) atoms. The van der Waals surface area contributed by atoms with Crippen molar-refractivity contribution in [2.75, 3.05) is 0 Å². The first-order chi connectivity index (χ1) is 11.3. The Labute approximate surface area is 134 Å². The van der Waals surface area contributed by atoms with E-state index in [4.69, 9.17) is 0 Å². The molecule has 4 nitrogen and oxygen atoms in total. The third-order valence-electron chi connectivity index (χ3n) is 3.71. The van der Waals surface area contributed by atoms with Crippen molar-refractivity contribution in [2.45, 2.75) is 13.0 Å². The van der Waals surface area contributed by atoms with Crippen molar-refractivity contribution in [3.63, 3.8) is 0 Å². The molecule has 0 spiro atoms. The predicted molar refractivity (Wildman–Crippen MR) is 88.7 cm³/mol. The van der Waals surface area contributed by atoms with E-state index in [1.54, 1.807) is 29.1 Å². The molecule has 3 aromatic rings. The van der Waals surface area contributed by atoms with Gasteiger partial charge in [0.15, 0.2) is 6.29 Å². The summed E-state index contributed by atoms with van der Waals surface area (Å²) in [6.45, 7) is 0.548. The zero-order valence-corrected chi connectivity index (χ0v) is 12.6. The summed E-state index contributed by atoms with van der Waals surface area (Å²) in [5.74, 6) is 0. The van der Waals surface area contributed by atoms with Crippen LogP contribution in [0.1, 0.15) is 27.2 Å². The van der Waals surface area contributed by atoms with Gasteiger partial charge in [0.05, 0.1) is 6.54 Å². The molecule has 0 saturated carbocycles. The fraction of sp³-hybridized carbons (Fsp3) is 0.105. The quantitative estimate of drug-likeness (QED) is 0.681. The maximum absolute atomic E-state index is 11.7. The summed E-state index contributed by atoms with van der Waals surface area (Å²) in [5.41, 5.74) is 3.54. The highest BCUT2D eigenvalue weighted by Crippen LogP contribution is 2.13. The van der Waals surface area contributed by atoms with Gasteiger partial charge in [-0.3, -0.25) is 14.6 Å². The van der Waals surface area contributed by atoms with E-state index in [1.807, 2.05) is 42.5 Å². The lowest BCUT2D eigenvalue weighted by atomic mass is 10.0. The van der Waals surface area contributed by atoms with Crippen LogP contribution in [0, 0.1) is 0 Å². The number of hydrogen-bond donors (Lipinski definition) is 0. The molecule has 0 bridgehead atoms. The van der Waals surface area contributed by atoms with Gasteiger partial charge in [-0.05, 0) is 35.2 Å². The second kappa shape index (κ2) is 6.83. The van der Waals surface area contributed by atoms with Gasteiger partial charge in [-0.2, -0.15) is 0 Å². The maximum Gasteiger partial charge on any atom is 0.250 e. The van der Waals surface area contributed by atoms with Gasteiger partial charge in [-0.1, -0.05) is 36.4 Å². The summed E-state index contributed by atoms with van der Waals surface area (Å²) in [6.07, 6.45) is 4.84. The van der Waals surface area contributed by atoms with E-state index in [-0.39, 0.29) is 5.56 Å². The number of carbonyl (C=O) groups excluding carboxylic acids is 1. The number of rotatable bonds is 5. The average Bonchev–Trinajstić information content (AvgIpc) is 2.59. The molecule has 0 atom stereocenters. The minimum Gasteiger partial charge on any atom is -0.311 e. The van der Waals surface area contributed by atoms with Gasteiger partial charge in [0.2, 0.25) is 0 Å².